The van der Waals surface area contributed by atoms with Gasteiger partial charge in [-0.3, -0.25) is 14.6 Å². The van der Waals surface area contributed by atoms with Gasteiger partial charge in [0.1, 0.15) is 0 Å². The lowest BCUT2D eigenvalue weighted by Gasteiger charge is -2.26. The number of fused-ring (bicyclic) bond motifs is 2. The lowest BCUT2D eigenvalue weighted by atomic mass is 9.87. The third-order valence-electron chi connectivity index (χ3n) is 6.30. The first-order valence-electron chi connectivity index (χ1n) is 11.6. The Morgan fingerprint density at radius 2 is 1.94 bits per heavy atom. The zero-order chi connectivity index (χ0) is 23.5. The number of aromatic nitrogens is 3. The minimum absolute atomic E-state index is 0.0201. The maximum atomic E-state index is 13.3. The number of rotatable bonds is 6. The Morgan fingerprint density at radius 1 is 1.09 bits per heavy atom. The van der Waals surface area contributed by atoms with Crippen LogP contribution in [0, 0.1) is 0 Å². The van der Waals surface area contributed by atoms with Crippen LogP contribution in [-0.2, 0) is 24.2 Å². The molecule has 0 radical (unpaired) electrons. The first kappa shape index (κ1) is 21.8. The highest BCUT2D eigenvalue weighted by Crippen LogP contribution is 2.31. The van der Waals surface area contributed by atoms with E-state index in [-0.39, 0.29) is 17.9 Å². The van der Waals surface area contributed by atoms with Crippen molar-refractivity contribution in [3.05, 3.63) is 89.5 Å². The Morgan fingerprint density at radius 3 is 2.76 bits per heavy atom. The molecule has 2 aromatic carbocycles. The van der Waals surface area contributed by atoms with E-state index in [1.54, 1.807) is 24.7 Å². The fourth-order valence-corrected chi connectivity index (χ4v) is 4.72. The van der Waals surface area contributed by atoms with Crippen molar-refractivity contribution in [2.75, 3.05) is 5.32 Å². The second kappa shape index (κ2) is 9.47. The SMILES string of the molecule is CC(=O)Nc1cc(C(=O)N[C@H]2CCCc3ccccc32)cc2ncn(CCc3ccccn3)c12. The molecule has 2 aromatic heterocycles. The summed E-state index contributed by atoms with van der Waals surface area (Å²) in [6.07, 6.45) is 7.24. The summed E-state index contributed by atoms with van der Waals surface area (Å²) in [6, 6.07) is 17.6. The number of anilines is 1. The number of benzene rings is 2. The molecule has 0 saturated heterocycles. The van der Waals surface area contributed by atoms with Crippen LogP contribution in [0.25, 0.3) is 11.0 Å². The summed E-state index contributed by atoms with van der Waals surface area (Å²) in [5.74, 6) is -0.365. The van der Waals surface area contributed by atoms with Crippen molar-refractivity contribution < 1.29 is 9.59 Å². The van der Waals surface area contributed by atoms with Crippen LogP contribution in [0.5, 0.6) is 0 Å². The summed E-state index contributed by atoms with van der Waals surface area (Å²) in [7, 11) is 0. The molecule has 172 valence electrons. The van der Waals surface area contributed by atoms with Crippen molar-refractivity contribution in [3.8, 4) is 0 Å². The molecule has 7 heteroatoms. The van der Waals surface area contributed by atoms with Gasteiger partial charge in [0, 0.05) is 37.3 Å². The van der Waals surface area contributed by atoms with Gasteiger partial charge in [-0.2, -0.15) is 0 Å². The monoisotopic (exact) mass is 453 g/mol. The molecule has 0 spiro atoms. The first-order valence-corrected chi connectivity index (χ1v) is 11.6. The largest absolute Gasteiger partial charge is 0.345 e. The van der Waals surface area contributed by atoms with E-state index in [0.29, 0.717) is 23.3 Å². The van der Waals surface area contributed by atoms with Crippen LogP contribution in [0.4, 0.5) is 5.69 Å². The van der Waals surface area contributed by atoms with Crippen molar-refractivity contribution in [3.63, 3.8) is 0 Å². The standard InChI is InChI=1S/C27H27N5O2/c1-18(33)30-25-16-20(27(34)31-23-11-6-8-19-7-2-3-10-22(19)23)15-24-26(25)32(17-29-24)14-12-21-9-4-5-13-28-21/h2-5,7,9-10,13,15-17,23H,6,8,11-12,14H2,1H3,(H,30,33)(H,31,34)/t23-/m0/s1. The zero-order valence-electron chi connectivity index (χ0n) is 19.1. The summed E-state index contributed by atoms with van der Waals surface area (Å²) in [5, 5.41) is 6.09. The molecule has 2 heterocycles. The van der Waals surface area contributed by atoms with Crippen LogP contribution >= 0.6 is 0 Å². The molecule has 0 aliphatic heterocycles. The molecule has 0 unspecified atom stereocenters. The van der Waals surface area contributed by atoms with Gasteiger partial charge >= 0.3 is 0 Å². The molecule has 4 aromatic rings. The quantitative estimate of drug-likeness (QED) is 0.452. The number of nitrogens with zero attached hydrogens (tertiary/aromatic N) is 3. The minimum atomic E-state index is -0.197. The van der Waals surface area contributed by atoms with Crippen LogP contribution in [-0.4, -0.2) is 26.3 Å². The van der Waals surface area contributed by atoms with Crippen LogP contribution < -0.4 is 10.6 Å². The van der Waals surface area contributed by atoms with Gasteiger partial charge < -0.3 is 15.2 Å². The molecular weight excluding hydrogens is 426 g/mol. The minimum Gasteiger partial charge on any atom is -0.345 e. The van der Waals surface area contributed by atoms with Gasteiger partial charge in [-0.1, -0.05) is 30.3 Å². The van der Waals surface area contributed by atoms with Gasteiger partial charge in [-0.15, -0.1) is 0 Å². The highest BCUT2D eigenvalue weighted by Gasteiger charge is 2.23. The number of carbonyl (C=O) groups excluding carboxylic acids is 2. The summed E-state index contributed by atoms with van der Waals surface area (Å²) in [6.45, 7) is 2.12. The Balaban J connectivity index is 1.43. The Kier molecular flexibility index (Phi) is 6.08. The molecule has 0 bridgehead atoms. The van der Waals surface area contributed by atoms with Gasteiger partial charge in [-0.05, 0) is 54.7 Å². The summed E-state index contributed by atoms with van der Waals surface area (Å²) < 4.78 is 1.99. The molecular formula is C27H27N5O2. The number of amides is 2. The third-order valence-corrected chi connectivity index (χ3v) is 6.30. The number of imidazole rings is 1. The van der Waals surface area contributed by atoms with Gasteiger partial charge in [0.2, 0.25) is 5.91 Å². The van der Waals surface area contributed by atoms with Crippen molar-refractivity contribution in [2.24, 2.45) is 0 Å². The van der Waals surface area contributed by atoms with E-state index < -0.39 is 0 Å². The van der Waals surface area contributed by atoms with Gasteiger partial charge in [0.25, 0.3) is 5.91 Å². The molecule has 5 rings (SSSR count). The molecule has 7 nitrogen and oxygen atoms in total. The van der Waals surface area contributed by atoms with Crippen molar-refractivity contribution in [2.45, 2.75) is 45.2 Å². The topological polar surface area (TPSA) is 88.9 Å². The molecule has 1 atom stereocenters. The molecule has 0 fully saturated rings. The summed E-state index contributed by atoms with van der Waals surface area (Å²) in [5.41, 5.74) is 5.98. The predicted octanol–water partition coefficient (Wildman–Crippen LogP) is 4.44. The van der Waals surface area contributed by atoms with E-state index in [2.05, 4.69) is 32.7 Å². The number of nitrogens with one attached hydrogen (secondary N) is 2. The van der Waals surface area contributed by atoms with E-state index >= 15 is 0 Å². The van der Waals surface area contributed by atoms with Crippen molar-refractivity contribution in [1.29, 1.82) is 0 Å². The van der Waals surface area contributed by atoms with E-state index in [0.717, 1.165) is 36.9 Å². The van der Waals surface area contributed by atoms with Gasteiger partial charge in [0.05, 0.1) is 29.1 Å². The summed E-state index contributed by atoms with van der Waals surface area (Å²) >= 11 is 0. The second-order valence-electron chi connectivity index (χ2n) is 8.70. The normalized spacial score (nSPS) is 15.0. The average Bonchev–Trinajstić information content (AvgIpc) is 3.26. The highest BCUT2D eigenvalue weighted by molar-refractivity contribution is 6.05. The van der Waals surface area contributed by atoms with Crippen molar-refractivity contribution >= 4 is 28.5 Å². The van der Waals surface area contributed by atoms with Crippen molar-refractivity contribution in [1.82, 2.24) is 19.9 Å². The number of carbonyl (C=O) groups is 2. The average molecular weight is 454 g/mol. The van der Waals surface area contributed by atoms with Crippen LogP contribution in [0.1, 0.15) is 53.0 Å². The molecule has 1 aliphatic carbocycles. The highest BCUT2D eigenvalue weighted by atomic mass is 16.2. The number of aryl methyl sites for hydroxylation is 3. The van der Waals surface area contributed by atoms with Crippen LogP contribution in [0.2, 0.25) is 0 Å². The third kappa shape index (κ3) is 4.55. The van der Waals surface area contributed by atoms with Gasteiger partial charge in [-0.25, -0.2) is 4.98 Å². The molecule has 2 N–H and O–H groups in total. The molecule has 0 saturated carbocycles. The van der Waals surface area contributed by atoms with E-state index in [1.165, 1.54) is 18.1 Å². The summed E-state index contributed by atoms with van der Waals surface area (Å²) in [4.78, 5) is 34.1. The lowest BCUT2D eigenvalue weighted by Crippen LogP contribution is -2.31. The lowest BCUT2D eigenvalue weighted by molar-refractivity contribution is -0.114. The van der Waals surface area contributed by atoms with Crippen LogP contribution in [0.15, 0.2) is 67.1 Å². The Bertz CT molecular complexity index is 1350. The van der Waals surface area contributed by atoms with E-state index in [9.17, 15) is 9.59 Å². The fourth-order valence-electron chi connectivity index (χ4n) is 4.72. The Hall–Kier alpha value is -4.00. The molecule has 1 aliphatic rings. The van der Waals surface area contributed by atoms with Crippen LogP contribution in [0.3, 0.4) is 0 Å². The zero-order valence-corrected chi connectivity index (χ0v) is 19.1. The first-order chi connectivity index (χ1) is 16.6. The fraction of sp³-hybridized carbons (Fsp3) is 0.259. The van der Waals surface area contributed by atoms with Gasteiger partial charge in [0.15, 0.2) is 0 Å². The smallest absolute Gasteiger partial charge is 0.251 e. The second-order valence-corrected chi connectivity index (χ2v) is 8.70. The van der Waals surface area contributed by atoms with E-state index in [1.807, 2.05) is 34.9 Å². The molecule has 34 heavy (non-hydrogen) atoms. The number of hydrogen-bond acceptors (Lipinski definition) is 4. The number of pyridine rings is 1. The maximum absolute atomic E-state index is 13.3. The Labute approximate surface area is 198 Å². The van der Waals surface area contributed by atoms with E-state index in [4.69, 9.17) is 0 Å². The molecule has 2 amide bonds. The predicted molar refractivity (Wildman–Crippen MR) is 132 cm³/mol. The number of hydrogen-bond donors (Lipinski definition) is 2. The maximum Gasteiger partial charge on any atom is 0.251 e.